The van der Waals surface area contributed by atoms with E-state index in [0.717, 1.165) is 5.69 Å². The molecule has 1 aliphatic heterocycles. The zero-order chi connectivity index (χ0) is 17.9. The molecule has 1 aromatic carbocycles. The van der Waals surface area contributed by atoms with Gasteiger partial charge >= 0.3 is 0 Å². The van der Waals surface area contributed by atoms with Crippen molar-refractivity contribution in [1.29, 1.82) is 0 Å². The van der Waals surface area contributed by atoms with Crippen molar-refractivity contribution in [2.75, 3.05) is 18.4 Å². The third kappa shape index (κ3) is 4.18. The molecule has 0 spiro atoms. The van der Waals surface area contributed by atoms with E-state index in [1.165, 1.54) is 22.6 Å². The molecule has 0 saturated carbocycles. The fourth-order valence-corrected chi connectivity index (χ4v) is 4.32. The summed E-state index contributed by atoms with van der Waals surface area (Å²) in [6.07, 6.45) is 2.23. The smallest absolute Gasteiger partial charge is 0.244 e. The lowest BCUT2D eigenvalue weighted by Crippen LogP contribution is -2.41. The molecule has 1 saturated heterocycles. The van der Waals surface area contributed by atoms with Crippen LogP contribution in [0.4, 0.5) is 5.69 Å². The Bertz CT molecular complexity index is 833. The molecule has 2 aromatic rings. The molecule has 0 bridgehead atoms. The molecule has 1 fully saturated rings. The normalized spacial score (nSPS) is 16.5. The maximum atomic E-state index is 12.6. The Balaban J connectivity index is 1.61. The van der Waals surface area contributed by atoms with Gasteiger partial charge in [0.1, 0.15) is 10.0 Å². The Morgan fingerprint density at radius 3 is 2.40 bits per heavy atom. The standard InChI is InChI=1S/C17H18ClN3O3S/c18-16-7-6-15(12-19-16)25(23,24)21-10-8-13(9-11-21)17(22)20-14-4-2-1-3-5-14/h1-7,12-13H,8-11H2,(H,20,22). The predicted molar refractivity (Wildman–Crippen MR) is 95.8 cm³/mol. The molecule has 0 aliphatic carbocycles. The van der Waals surface area contributed by atoms with E-state index in [1.807, 2.05) is 30.3 Å². The summed E-state index contributed by atoms with van der Waals surface area (Å²) in [5, 5.41) is 3.12. The van der Waals surface area contributed by atoms with Crippen LogP contribution in [0.25, 0.3) is 0 Å². The van der Waals surface area contributed by atoms with Crippen molar-refractivity contribution in [2.24, 2.45) is 5.92 Å². The van der Waals surface area contributed by atoms with E-state index >= 15 is 0 Å². The first-order valence-corrected chi connectivity index (χ1v) is 9.76. The molecule has 1 amide bonds. The van der Waals surface area contributed by atoms with Crippen LogP contribution in [0.3, 0.4) is 0 Å². The van der Waals surface area contributed by atoms with Crippen molar-refractivity contribution in [1.82, 2.24) is 9.29 Å². The van der Waals surface area contributed by atoms with Crippen LogP contribution in [0, 0.1) is 5.92 Å². The van der Waals surface area contributed by atoms with Gasteiger partial charge in [0.05, 0.1) is 0 Å². The number of carbonyl (C=O) groups is 1. The average molecular weight is 380 g/mol. The average Bonchev–Trinajstić information content (AvgIpc) is 2.63. The van der Waals surface area contributed by atoms with Gasteiger partial charge in [-0.1, -0.05) is 29.8 Å². The highest BCUT2D eigenvalue weighted by Gasteiger charge is 2.32. The number of sulfonamides is 1. The summed E-state index contributed by atoms with van der Waals surface area (Å²) in [5.41, 5.74) is 0.745. The number of amides is 1. The van der Waals surface area contributed by atoms with E-state index in [9.17, 15) is 13.2 Å². The Morgan fingerprint density at radius 1 is 1.12 bits per heavy atom. The number of hydrogen-bond donors (Lipinski definition) is 1. The summed E-state index contributed by atoms with van der Waals surface area (Å²) < 4.78 is 26.6. The van der Waals surface area contributed by atoms with Crippen LogP contribution in [-0.2, 0) is 14.8 Å². The Labute approximate surface area is 151 Å². The number of aromatic nitrogens is 1. The lowest BCUT2D eigenvalue weighted by atomic mass is 9.97. The second-order valence-electron chi connectivity index (χ2n) is 5.85. The Kier molecular flexibility index (Phi) is 5.36. The summed E-state index contributed by atoms with van der Waals surface area (Å²) >= 11 is 5.70. The van der Waals surface area contributed by atoms with E-state index < -0.39 is 10.0 Å². The van der Waals surface area contributed by atoms with Crippen LogP contribution in [0.5, 0.6) is 0 Å². The number of halogens is 1. The molecule has 8 heteroatoms. The van der Waals surface area contributed by atoms with Crippen molar-refractivity contribution in [3.8, 4) is 0 Å². The third-order valence-corrected chi connectivity index (χ3v) is 6.31. The number of para-hydroxylation sites is 1. The minimum absolute atomic E-state index is 0.0728. The second kappa shape index (κ2) is 7.51. The van der Waals surface area contributed by atoms with E-state index in [4.69, 9.17) is 11.6 Å². The molecule has 6 nitrogen and oxygen atoms in total. The fourth-order valence-electron chi connectivity index (χ4n) is 2.79. The number of hydrogen-bond acceptors (Lipinski definition) is 4. The van der Waals surface area contributed by atoms with Crippen LogP contribution in [-0.4, -0.2) is 36.7 Å². The Hall–Kier alpha value is -1.96. The van der Waals surface area contributed by atoms with Crippen molar-refractivity contribution < 1.29 is 13.2 Å². The van der Waals surface area contributed by atoms with E-state index in [0.29, 0.717) is 25.9 Å². The highest BCUT2D eigenvalue weighted by atomic mass is 35.5. The number of rotatable bonds is 4. The van der Waals surface area contributed by atoms with E-state index in [-0.39, 0.29) is 21.9 Å². The van der Waals surface area contributed by atoms with Gasteiger partial charge in [0, 0.05) is 30.9 Å². The number of piperidine rings is 1. The van der Waals surface area contributed by atoms with Gasteiger partial charge in [0.2, 0.25) is 15.9 Å². The van der Waals surface area contributed by atoms with Crippen LogP contribution in [0.15, 0.2) is 53.6 Å². The molecule has 1 aromatic heterocycles. The number of pyridine rings is 1. The van der Waals surface area contributed by atoms with Crippen LogP contribution in [0.1, 0.15) is 12.8 Å². The van der Waals surface area contributed by atoms with Gasteiger partial charge in [-0.05, 0) is 37.1 Å². The van der Waals surface area contributed by atoms with E-state index in [2.05, 4.69) is 10.3 Å². The number of nitrogens with zero attached hydrogens (tertiary/aromatic N) is 2. The molecule has 1 aliphatic rings. The lowest BCUT2D eigenvalue weighted by Gasteiger charge is -2.30. The molecule has 132 valence electrons. The van der Waals surface area contributed by atoms with Gasteiger partial charge < -0.3 is 5.32 Å². The van der Waals surface area contributed by atoms with Gasteiger partial charge in [-0.15, -0.1) is 0 Å². The van der Waals surface area contributed by atoms with Crippen LogP contribution >= 0.6 is 11.6 Å². The lowest BCUT2D eigenvalue weighted by molar-refractivity contribution is -0.120. The number of carbonyl (C=O) groups excluding carboxylic acids is 1. The maximum Gasteiger partial charge on any atom is 0.244 e. The molecule has 2 heterocycles. The third-order valence-electron chi connectivity index (χ3n) is 4.20. The summed E-state index contributed by atoms with van der Waals surface area (Å²) in [6, 6.07) is 12.1. The molecule has 0 radical (unpaired) electrons. The Morgan fingerprint density at radius 2 is 1.80 bits per heavy atom. The molecule has 25 heavy (non-hydrogen) atoms. The topological polar surface area (TPSA) is 79.4 Å². The number of nitrogens with one attached hydrogen (secondary N) is 1. The van der Waals surface area contributed by atoms with Crippen molar-refractivity contribution in [2.45, 2.75) is 17.7 Å². The van der Waals surface area contributed by atoms with E-state index in [1.54, 1.807) is 0 Å². The first-order chi connectivity index (χ1) is 12.0. The predicted octanol–water partition coefficient (Wildman–Crippen LogP) is 2.77. The molecular formula is C17H18ClN3O3S. The first kappa shape index (κ1) is 17.8. The van der Waals surface area contributed by atoms with Gasteiger partial charge in [0.15, 0.2) is 0 Å². The maximum absolute atomic E-state index is 12.6. The van der Waals surface area contributed by atoms with Gasteiger partial charge in [-0.25, -0.2) is 13.4 Å². The first-order valence-electron chi connectivity index (χ1n) is 7.94. The van der Waals surface area contributed by atoms with Crippen molar-refractivity contribution in [3.05, 3.63) is 53.8 Å². The minimum Gasteiger partial charge on any atom is -0.326 e. The summed E-state index contributed by atoms with van der Waals surface area (Å²) in [4.78, 5) is 16.3. The van der Waals surface area contributed by atoms with Crippen LogP contribution in [0.2, 0.25) is 5.15 Å². The largest absolute Gasteiger partial charge is 0.326 e. The second-order valence-corrected chi connectivity index (χ2v) is 8.18. The summed E-state index contributed by atoms with van der Waals surface area (Å²) in [7, 11) is -3.61. The minimum atomic E-state index is -3.61. The summed E-state index contributed by atoms with van der Waals surface area (Å²) in [5.74, 6) is -0.272. The molecule has 0 unspecified atom stereocenters. The van der Waals surface area contributed by atoms with Gasteiger partial charge in [0.25, 0.3) is 0 Å². The monoisotopic (exact) mass is 379 g/mol. The molecule has 1 N–H and O–H groups in total. The quantitative estimate of drug-likeness (QED) is 0.828. The van der Waals surface area contributed by atoms with Gasteiger partial charge in [-0.2, -0.15) is 4.31 Å². The van der Waals surface area contributed by atoms with Crippen molar-refractivity contribution >= 4 is 33.2 Å². The fraction of sp³-hybridized carbons (Fsp3) is 0.294. The van der Waals surface area contributed by atoms with Gasteiger partial charge in [-0.3, -0.25) is 4.79 Å². The molecular weight excluding hydrogens is 362 g/mol. The zero-order valence-corrected chi connectivity index (χ0v) is 15.0. The molecule has 0 atom stereocenters. The highest BCUT2D eigenvalue weighted by molar-refractivity contribution is 7.89. The zero-order valence-electron chi connectivity index (χ0n) is 13.4. The van der Waals surface area contributed by atoms with Crippen LogP contribution < -0.4 is 5.32 Å². The highest BCUT2D eigenvalue weighted by Crippen LogP contribution is 2.25. The molecule has 3 rings (SSSR count). The summed E-state index contributed by atoms with van der Waals surface area (Å²) in [6.45, 7) is 0.607. The number of anilines is 1. The SMILES string of the molecule is O=C(Nc1ccccc1)C1CCN(S(=O)(=O)c2ccc(Cl)nc2)CC1. The number of benzene rings is 1. The van der Waals surface area contributed by atoms with Crippen molar-refractivity contribution in [3.63, 3.8) is 0 Å².